The van der Waals surface area contributed by atoms with Crippen LogP contribution in [0.3, 0.4) is 0 Å². The van der Waals surface area contributed by atoms with E-state index >= 15 is 0 Å². The van der Waals surface area contributed by atoms with Crippen molar-refractivity contribution in [1.29, 1.82) is 0 Å². The van der Waals surface area contributed by atoms with E-state index in [1.54, 1.807) is 11.6 Å². The Hall–Kier alpha value is -1.73. The molecule has 1 aromatic carbocycles. The van der Waals surface area contributed by atoms with E-state index in [1.807, 2.05) is 25.1 Å². The molecular formula is C12H16N4O2S. The molecule has 1 N–H and O–H groups in total. The van der Waals surface area contributed by atoms with Crippen molar-refractivity contribution in [3.63, 3.8) is 0 Å². The van der Waals surface area contributed by atoms with Crippen molar-refractivity contribution < 1.29 is 4.92 Å². The summed E-state index contributed by atoms with van der Waals surface area (Å²) in [5, 5.41) is 14.4. The van der Waals surface area contributed by atoms with Crippen LogP contribution in [0.1, 0.15) is 6.42 Å². The number of nitrogens with zero attached hydrogens (tertiary/aromatic N) is 3. The summed E-state index contributed by atoms with van der Waals surface area (Å²) in [5.41, 5.74) is 2.85. The van der Waals surface area contributed by atoms with Crippen LogP contribution < -0.4 is 10.2 Å². The van der Waals surface area contributed by atoms with Gasteiger partial charge >= 0.3 is 5.69 Å². The van der Waals surface area contributed by atoms with E-state index in [1.165, 1.54) is 11.3 Å². The minimum atomic E-state index is -0.341. The van der Waals surface area contributed by atoms with Crippen molar-refractivity contribution in [3.8, 4) is 0 Å². The third-order valence-corrected chi connectivity index (χ3v) is 3.76. The molecule has 0 saturated heterocycles. The molecule has 0 spiro atoms. The van der Waals surface area contributed by atoms with Gasteiger partial charge in [-0.25, -0.2) is 4.98 Å². The molecule has 0 atom stereocenters. The zero-order valence-corrected chi connectivity index (χ0v) is 11.7. The van der Waals surface area contributed by atoms with E-state index in [2.05, 4.69) is 10.3 Å². The Bertz CT molecular complexity index is 584. The Labute approximate surface area is 115 Å². The van der Waals surface area contributed by atoms with Gasteiger partial charge in [-0.3, -0.25) is 10.1 Å². The molecular weight excluding hydrogens is 264 g/mol. The van der Waals surface area contributed by atoms with Crippen LogP contribution in [0.15, 0.2) is 17.6 Å². The second-order valence-electron chi connectivity index (χ2n) is 4.27. The Balaban J connectivity index is 2.36. The molecule has 2 rings (SSSR count). The van der Waals surface area contributed by atoms with Gasteiger partial charge in [0.2, 0.25) is 0 Å². The summed E-state index contributed by atoms with van der Waals surface area (Å²) in [7, 11) is 3.76. The smallest absolute Gasteiger partial charge is 0.319 e. The van der Waals surface area contributed by atoms with E-state index in [0.717, 1.165) is 24.2 Å². The predicted octanol–water partition coefficient (Wildman–Crippen LogP) is 2.25. The Kier molecular flexibility index (Phi) is 4.28. The van der Waals surface area contributed by atoms with Crippen LogP contribution in [-0.4, -0.2) is 37.1 Å². The number of benzene rings is 1. The molecule has 19 heavy (non-hydrogen) atoms. The molecule has 0 aliphatic carbocycles. The van der Waals surface area contributed by atoms with Crippen molar-refractivity contribution in [2.45, 2.75) is 6.42 Å². The highest BCUT2D eigenvalue weighted by Crippen LogP contribution is 2.36. The molecule has 7 heteroatoms. The Morgan fingerprint density at radius 3 is 3.00 bits per heavy atom. The van der Waals surface area contributed by atoms with E-state index in [4.69, 9.17) is 0 Å². The molecule has 0 radical (unpaired) electrons. The van der Waals surface area contributed by atoms with Crippen LogP contribution in [0, 0.1) is 10.1 Å². The van der Waals surface area contributed by atoms with Gasteiger partial charge in [0.15, 0.2) is 5.52 Å². The number of anilines is 1. The van der Waals surface area contributed by atoms with Crippen molar-refractivity contribution in [1.82, 2.24) is 10.3 Å². The first-order valence-electron chi connectivity index (χ1n) is 6.01. The van der Waals surface area contributed by atoms with Crippen molar-refractivity contribution in [3.05, 3.63) is 27.8 Å². The monoisotopic (exact) mass is 280 g/mol. The zero-order valence-electron chi connectivity index (χ0n) is 10.9. The normalized spacial score (nSPS) is 10.8. The van der Waals surface area contributed by atoms with Gasteiger partial charge in [-0.1, -0.05) is 0 Å². The summed E-state index contributed by atoms with van der Waals surface area (Å²) >= 11 is 1.42. The average Bonchev–Trinajstić information content (AvgIpc) is 2.85. The van der Waals surface area contributed by atoms with E-state index in [-0.39, 0.29) is 10.6 Å². The summed E-state index contributed by atoms with van der Waals surface area (Å²) in [4.78, 5) is 17.0. The van der Waals surface area contributed by atoms with Gasteiger partial charge in [0.25, 0.3) is 0 Å². The third kappa shape index (κ3) is 2.82. The molecule has 0 amide bonds. The molecule has 1 heterocycles. The lowest BCUT2D eigenvalue weighted by Gasteiger charge is -2.19. The predicted molar refractivity (Wildman–Crippen MR) is 78.1 cm³/mol. The standard InChI is InChI=1S/C12H16N4O2S/c1-13-6-3-7-15(2)9-4-5-10-11(14-8-19-10)12(9)16(17)18/h4-5,8,13H,3,6-7H2,1-2H3. The number of nitrogens with one attached hydrogen (secondary N) is 1. The van der Waals surface area contributed by atoms with Gasteiger partial charge in [-0.15, -0.1) is 11.3 Å². The molecule has 6 nitrogen and oxygen atoms in total. The molecule has 0 saturated carbocycles. The fourth-order valence-electron chi connectivity index (χ4n) is 2.01. The fourth-order valence-corrected chi connectivity index (χ4v) is 2.69. The highest BCUT2D eigenvalue weighted by atomic mass is 32.1. The highest BCUT2D eigenvalue weighted by Gasteiger charge is 2.22. The Morgan fingerprint density at radius 2 is 2.32 bits per heavy atom. The zero-order chi connectivity index (χ0) is 13.8. The number of rotatable bonds is 6. The number of nitro benzene ring substituents is 1. The largest absolute Gasteiger partial charge is 0.369 e. The minimum absolute atomic E-state index is 0.103. The molecule has 0 bridgehead atoms. The molecule has 0 aliphatic rings. The van der Waals surface area contributed by atoms with Gasteiger partial charge in [0.1, 0.15) is 5.69 Å². The van der Waals surface area contributed by atoms with Gasteiger partial charge < -0.3 is 10.2 Å². The van der Waals surface area contributed by atoms with Gasteiger partial charge in [0.05, 0.1) is 15.1 Å². The molecule has 0 unspecified atom stereocenters. The number of thiazole rings is 1. The van der Waals surface area contributed by atoms with Crippen LogP contribution >= 0.6 is 11.3 Å². The number of hydrogen-bond acceptors (Lipinski definition) is 6. The van der Waals surface area contributed by atoms with Gasteiger partial charge in [-0.05, 0) is 32.1 Å². The van der Waals surface area contributed by atoms with E-state index < -0.39 is 0 Å². The maximum atomic E-state index is 11.3. The SMILES string of the molecule is CNCCCN(C)c1ccc2scnc2c1[N+](=O)[O-]. The Morgan fingerprint density at radius 1 is 1.53 bits per heavy atom. The quantitative estimate of drug-likeness (QED) is 0.499. The fraction of sp³-hybridized carbons (Fsp3) is 0.417. The van der Waals surface area contributed by atoms with E-state index in [9.17, 15) is 10.1 Å². The molecule has 0 fully saturated rings. The first-order valence-corrected chi connectivity index (χ1v) is 6.89. The highest BCUT2D eigenvalue weighted by molar-refractivity contribution is 7.16. The first kappa shape index (κ1) is 13.7. The lowest BCUT2D eigenvalue weighted by atomic mass is 10.2. The lowest BCUT2D eigenvalue weighted by Crippen LogP contribution is -2.23. The molecule has 0 aliphatic heterocycles. The topological polar surface area (TPSA) is 71.3 Å². The number of hydrogen-bond donors (Lipinski definition) is 1. The summed E-state index contributed by atoms with van der Waals surface area (Å²) in [6.07, 6.45) is 0.930. The summed E-state index contributed by atoms with van der Waals surface area (Å²) in [6.45, 7) is 1.65. The van der Waals surface area contributed by atoms with E-state index in [0.29, 0.717) is 11.2 Å². The second kappa shape index (κ2) is 5.94. The number of aromatic nitrogens is 1. The van der Waals surface area contributed by atoms with Gasteiger partial charge in [0, 0.05) is 13.6 Å². The maximum Gasteiger partial charge on any atom is 0.319 e. The summed E-state index contributed by atoms with van der Waals surface area (Å²) in [6, 6.07) is 3.70. The molecule has 1 aromatic heterocycles. The molecule has 2 aromatic rings. The lowest BCUT2D eigenvalue weighted by molar-refractivity contribution is -0.382. The number of nitro groups is 1. The second-order valence-corrected chi connectivity index (χ2v) is 5.15. The van der Waals surface area contributed by atoms with Gasteiger partial charge in [-0.2, -0.15) is 0 Å². The third-order valence-electron chi connectivity index (χ3n) is 2.97. The van der Waals surface area contributed by atoms with Crippen molar-refractivity contribution in [2.75, 3.05) is 32.1 Å². The van der Waals surface area contributed by atoms with Crippen LogP contribution in [0.2, 0.25) is 0 Å². The first-order chi connectivity index (χ1) is 9.15. The van der Waals surface area contributed by atoms with Crippen LogP contribution in [0.4, 0.5) is 11.4 Å². The number of fused-ring (bicyclic) bond motifs is 1. The van der Waals surface area contributed by atoms with Crippen LogP contribution in [0.25, 0.3) is 10.2 Å². The molecule has 102 valence electrons. The summed E-state index contributed by atoms with van der Waals surface area (Å²) < 4.78 is 0.846. The van der Waals surface area contributed by atoms with Crippen LogP contribution in [-0.2, 0) is 0 Å². The summed E-state index contributed by atoms with van der Waals surface area (Å²) in [5.74, 6) is 0. The van der Waals surface area contributed by atoms with Crippen molar-refractivity contribution >= 4 is 32.9 Å². The average molecular weight is 280 g/mol. The van der Waals surface area contributed by atoms with Crippen molar-refractivity contribution in [2.24, 2.45) is 0 Å². The van der Waals surface area contributed by atoms with Crippen LogP contribution in [0.5, 0.6) is 0 Å². The minimum Gasteiger partial charge on any atom is -0.369 e. The maximum absolute atomic E-state index is 11.3.